The Labute approximate surface area is 84.6 Å². The van der Waals surface area contributed by atoms with Gasteiger partial charge in [-0.15, -0.1) is 6.58 Å². The minimum atomic E-state index is -0.0447. The highest BCUT2D eigenvalue weighted by Crippen LogP contribution is 2.08. The molecule has 1 rings (SSSR count). The van der Waals surface area contributed by atoms with Crippen molar-refractivity contribution in [3.8, 4) is 0 Å². The monoisotopic (exact) mass is 189 g/mol. The predicted octanol–water partition coefficient (Wildman–Crippen LogP) is 2.22. The van der Waals surface area contributed by atoms with E-state index in [1.165, 1.54) is 0 Å². The highest BCUT2D eigenvalue weighted by atomic mass is 16.1. The topological polar surface area (TPSA) is 29.1 Å². The number of hydrogen-bond donors (Lipinski definition) is 1. The average molecular weight is 189 g/mol. The Kier molecular flexibility index (Phi) is 3.46. The Morgan fingerprint density at radius 1 is 1.36 bits per heavy atom. The molecule has 0 aliphatic carbocycles. The summed E-state index contributed by atoms with van der Waals surface area (Å²) in [5, 5.41) is 2.75. The molecule has 1 N–H and O–H groups in total. The molecule has 0 radical (unpaired) electrons. The van der Waals surface area contributed by atoms with Crippen molar-refractivity contribution in [3.63, 3.8) is 0 Å². The number of amides is 1. The Morgan fingerprint density at radius 2 is 1.93 bits per heavy atom. The van der Waals surface area contributed by atoms with Gasteiger partial charge in [0.2, 0.25) is 0 Å². The van der Waals surface area contributed by atoms with Crippen molar-refractivity contribution in [1.82, 2.24) is 5.32 Å². The van der Waals surface area contributed by atoms with Crippen LogP contribution in [0.25, 0.3) is 0 Å². The van der Waals surface area contributed by atoms with Crippen molar-refractivity contribution in [1.29, 1.82) is 0 Å². The van der Waals surface area contributed by atoms with Gasteiger partial charge in [-0.25, -0.2) is 0 Å². The van der Waals surface area contributed by atoms with Gasteiger partial charge in [-0.05, 0) is 26.0 Å². The number of nitrogens with one attached hydrogen (secondary N) is 1. The van der Waals surface area contributed by atoms with Crippen LogP contribution in [0.3, 0.4) is 0 Å². The molecule has 2 nitrogen and oxygen atoms in total. The zero-order valence-electron chi connectivity index (χ0n) is 8.63. The summed E-state index contributed by atoms with van der Waals surface area (Å²) in [7, 11) is 0. The summed E-state index contributed by atoms with van der Waals surface area (Å²) in [6.45, 7) is 8.02. The third kappa shape index (κ3) is 2.73. The first-order chi connectivity index (χ1) is 6.63. The predicted molar refractivity (Wildman–Crippen MR) is 58.4 cm³/mol. The fraction of sp³-hybridized carbons (Fsp3) is 0.250. The first-order valence-corrected chi connectivity index (χ1v) is 4.61. The van der Waals surface area contributed by atoms with Crippen LogP contribution in [0.5, 0.6) is 0 Å². The lowest BCUT2D eigenvalue weighted by Crippen LogP contribution is -2.23. The Morgan fingerprint density at radius 3 is 2.43 bits per heavy atom. The standard InChI is InChI=1S/C12H15NO/c1-4-5-13-12(14)11-7-9(2)6-10(3)8-11/h4,6-8H,1,5H2,2-3H3,(H,13,14). The lowest BCUT2D eigenvalue weighted by Gasteiger charge is -2.04. The third-order valence-electron chi connectivity index (χ3n) is 1.89. The summed E-state index contributed by atoms with van der Waals surface area (Å²) in [5.74, 6) is -0.0447. The van der Waals surface area contributed by atoms with Gasteiger partial charge < -0.3 is 5.32 Å². The maximum Gasteiger partial charge on any atom is 0.251 e. The SMILES string of the molecule is C=CCNC(=O)c1cc(C)cc(C)c1. The molecule has 74 valence electrons. The van der Waals surface area contributed by atoms with Crippen LogP contribution in [-0.2, 0) is 0 Å². The number of hydrogen-bond acceptors (Lipinski definition) is 1. The van der Waals surface area contributed by atoms with Crippen LogP contribution in [-0.4, -0.2) is 12.5 Å². The molecule has 1 amide bonds. The van der Waals surface area contributed by atoms with Crippen LogP contribution < -0.4 is 5.32 Å². The van der Waals surface area contributed by atoms with Crippen LogP contribution in [0.2, 0.25) is 0 Å². The molecule has 0 aliphatic rings. The van der Waals surface area contributed by atoms with E-state index in [1.807, 2.05) is 32.0 Å². The lowest BCUT2D eigenvalue weighted by molar-refractivity contribution is 0.0958. The number of aryl methyl sites for hydroxylation is 2. The van der Waals surface area contributed by atoms with Gasteiger partial charge in [0.05, 0.1) is 0 Å². The van der Waals surface area contributed by atoms with Crippen molar-refractivity contribution < 1.29 is 4.79 Å². The maximum absolute atomic E-state index is 11.5. The summed E-state index contributed by atoms with van der Waals surface area (Å²) >= 11 is 0. The molecule has 0 fully saturated rings. The molecule has 0 spiro atoms. The largest absolute Gasteiger partial charge is 0.349 e. The molecule has 2 heteroatoms. The van der Waals surface area contributed by atoms with Crippen LogP contribution in [0.15, 0.2) is 30.9 Å². The van der Waals surface area contributed by atoms with Crippen molar-refractivity contribution in [2.45, 2.75) is 13.8 Å². The van der Waals surface area contributed by atoms with Gasteiger partial charge in [-0.1, -0.05) is 23.3 Å². The molecule has 0 saturated heterocycles. The molecule has 0 atom stereocenters. The van der Waals surface area contributed by atoms with Gasteiger partial charge in [0.1, 0.15) is 0 Å². The van der Waals surface area contributed by atoms with Crippen LogP contribution in [0.1, 0.15) is 21.5 Å². The minimum Gasteiger partial charge on any atom is -0.349 e. The van der Waals surface area contributed by atoms with E-state index in [4.69, 9.17) is 0 Å². The minimum absolute atomic E-state index is 0.0447. The van der Waals surface area contributed by atoms with E-state index >= 15 is 0 Å². The zero-order chi connectivity index (χ0) is 10.6. The molecule has 0 aliphatic heterocycles. The molecule has 0 heterocycles. The second-order valence-electron chi connectivity index (χ2n) is 3.38. The number of rotatable bonds is 3. The van der Waals surface area contributed by atoms with Crippen molar-refractivity contribution in [3.05, 3.63) is 47.5 Å². The van der Waals surface area contributed by atoms with Gasteiger partial charge in [-0.2, -0.15) is 0 Å². The molecule has 1 aromatic rings. The second-order valence-corrected chi connectivity index (χ2v) is 3.38. The van der Waals surface area contributed by atoms with E-state index < -0.39 is 0 Å². The van der Waals surface area contributed by atoms with Gasteiger partial charge in [0.25, 0.3) is 5.91 Å². The lowest BCUT2D eigenvalue weighted by atomic mass is 10.1. The van der Waals surface area contributed by atoms with E-state index in [0.29, 0.717) is 12.1 Å². The van der Waals surface area contributed by atoms with Crippen LogP contribution >= 0.6 is 0 Å². The van der Waals surface area contributed by atoms with Crippen molar-refractivity contribution in [2.75, 3.05) is 6.54 Å². The summed E-state index contributed by atoms with van der Waals surface area (Å²) < 4.78 is 0. The maximum atomic E-state index is 11.5. The van der Waals surface area contributed by atoms with E-state index in [0.717, 1.165) is 11.1 Å². The molecule has 0 unspecified atom stereocenters. The Bertz CT molecular complexity index is 335. The zero-order valence-corrected chi connectivity index (χ0v) is 8.63. The van der Waals surface area contributed by atoms with Crippen LogP contribution in [0.4, 0.5) is 0 Å². The molecule has 14 heavy (non-hydrogen) atoms. The Hall–Kier alpha value is -1.57. The first-order valence-electron chi connectivity index (χ1n) is 4.61. The third-order valence-corrected chi connectivity index (χ3v) is 1.89. The van der Waals surface area contributed by atoms with Crippen LogP contribution in [0, 0.1) is 13.8 Å². The molecule has 1 aromatic carbocycles. The normalized spacial score (nSPS) is 9.57. The number of carbonyl (C=O) groups is 1. The van der Waals surface area contributed by atoms with E-state index in [1.54, 1.807) is 6.08 Å². The number of benzene rings is 1. The van der Waals surface area contributed by atoms with Crippen molar-refractivity contribution >= 4 is 5.91 Å². The van der Waals surface area contributed by atoms with E-state index in [9.17, 15) is 4.79 Å². The van der Waals surface area contributed by atoms with Gasteiger partial charge >= 0.3 is 0 Å². The quantitative estimate of drug-likeness (QED) is 0.726. The molecular weight excluding hydrogens is 174 g/mol. The fourth-order valence-electron chi connectivity index (χ4n) is 1.37. The van der Waals surface area contributed by atoms with Gasteiger partial charge in [-0.3, -0.25) is 4.79 Å². The summed E-state index contributed by atoms with van der Waals surface area (Å²) in [4.78, 5) is 11.5. The Balaban J connectivity index is 2.84. The van der Waals surface area contributed by atoms with E-state index in [-0.39, 0.29) is 5.91 Å². The molecule has 0 aromatic heterocycles. The molecule has 0 bridgehead atoms. The number of carbonyl (C=O) groups excluding carboxylic acids is 1. The van der Waals surface area contributed by atoms with Gasteiger partial charge in [0, 0.05) is 12.1 Å². The highest BCUT2D eigenvalue weighted by Gasteiger charge is 2.04. The smallest absolute Gasteiger partial charge is 0.251 e. The molecular formula is C12H15NO. The van der Waals surface area contributed by atoms with Gasteiger partial charge in [0.15, 0.2) is 0 Å². The summed E-state index contributed by atoms with van der Waals surface area (Å²) in [6, 6.07) is 5.81. The average Bonchev–Trinajstić information content (AvgIpc) is 2.12. The fourth-order valence-corrected chi connectivity index (χ4v) is 1.37. The first kappa shape index (κ1) is 10.5. The van der Waals surface area contributed by atoms with E-state index in [2.05, 4.69) is 11.9 Å². The highest BCUT2D eigenvalue weighted by molar-refractivity contribution is 5.94. The summed E-state index contributed by atoms with van der Waals surface area (Å²) in [6.07, 6.45) is 1.67. The summed E-state index contributed by atoms with van der Waals surface area (Å²) in [5.41, 5.74) is 2.92. The second kappa shape index (κ2) is 4.61. The van der Waals surface area contributed by atoms with Crippen molar-refractivity contribution in [2.24, 2.45) is 0 Å². The molecule has 0 saturated carbocycles.